The first-order chi connectivity index (χ1) is 7.84. The molecular weight excluding hydrogens is 216 g/mol. The first-order valence-electron chi connectivity index (χ1n) is 6.57. The van der Waals surface area contributed by atoms with Gasteiger partial charge >= 0.3 is 6.03 Å². The van der Waals surface area contributed by atoms with E-state index >= 15 is 0 Å². The smallest absolute Gasteiger partial charge is 0.315 e. The maximum absolute atomic E-state index is 11.6. The zero-order valence-electron chi connectivity index (χ0n) is 11.2. The monoisotopic (exact) mass is 240 g/mol. The number of rotatable bonds is 2. The van der Waals surface area contributed by atoms with Crippen molar-refractivity contribution in [1.82, 2.24) is 10.6 Å². The Morgan fingerprint density at radius 3 is 2.53 bits per heavy atom. The molecular formula is C13H24N2O2. The summed E-state index contributed by atoms with van der Waals surface area (Å²) in [5.41, 5.74) is 0.0262. The summed E-state index contributed by atoms with van der Waals surface area (Å²) in [6.45, 7) is 9.08. The van der Waals surface area contributed by atoms with Crippen LogP contribution in [-0.4, -0.2) is 29.8 Å². The third-order valence-corrected chi connectivity index (χ3v) is 5.44. The van der Waals surface area contributed by atoms with Crippen LogP contribution in [0.5, 0.6) is 0 Å². The van der Waals surface area contributed by atoms with Crippen molar-refractivity contribution in [3.8, 4) is 0 Å². The molecule has 0 radical (unpaired) electrons. The minimum absolute atomic E-state index is 0.0676. The maximum atomic E-state index is 11.6. The van der Waals surface area contributed by atoms with Gasteiger partial charge < -0.3 is 15.7 Å². The summed E-state index contributed by atoms with van der Waals surface area (Å²) >= 11 is 0. The molecule has 3 N–H and O–H groups in total. The van der Waals surface area contributed by atoms with E-state index < -0.39 is 6.10 Å². The van der Waals surface area contributed by atoms with Crippen molar-refractivity contribution in [2.24, 2.45) is 16.7 Å². The predicted molar refractivity (Wildman–Crippen MR) is 66.6 cm³/mol. The summed E-state index contributed by atoms with van der Waals surface area (Å²) in [7, 11) is 0. The summed E-state index contributed by atoms with van der Waals surface area (Å²) in [6.07, 6.45) is 1.72. The van der Waals surface area contributed by atoms with Crippen molar-refractivity contribution >= 4 is 6.03 Å². The topological polar surface area (TPSA) is 61.4 Å². The van der Waals surface area contributed by atoms with E-state index in [1.165, 1.54) is 0 Å². The fourth-order valence-electron chi connectivity index (χ4n) is 3.88. The molecule has 2 bridgehead atoms. The SMILES string of the molecule is CCNC(=O)N[C@@H]1[C@H]2CC[C@@](C)([C@@H]1O)C2(C)C. The average molecular weight is 240 g/mol. The zero-order chi connectivity index (χ0) is 12.8. The third-order valence-electron chi connectivity index (χ3n) is 5.44. The van der Waals surface area contributed by atoms with Gasteiger partial charge in [-0.2, -0.15) is 0 Å². The summed E-state index contributed by atoms with van der Waals surface area (Å²) in [6, 6.07) is -0.265. The van der Waals surface area contributed by atoms with Gasteiger partial charge in [0.2, 0.25) is 0 Å². The molecule has 0 aliphatic heterocycles. The van der Waals surface area contributed by atoms with Crippen LogP contribution in [0.3, 0.4) is 0 Å². The fourth-order valence-corrected chi connectivity index (χ4v) is 3.88. The molecule has 0 spiro atoms. The number of nitrogens with one attached hydrogen (secondary N) is 2. The number of aliphatic hydroxyl groups is 1. The molecule has 0 aromatic rings. The van der Waals surface area contributed by atoms with E-state index in [9.17, 15) is 9.90 Å². The van der Waals surface area contributed by atoms with Crippen LogP contribution in [0.25, 0.3) is 0 Å². The molecule has 2 aliphatic carbocycles. The fraction of sp³-hybridized carbons (Fsp3) is 0.923. The highest BCUT2D eigenvalue weighted by Crippen LogP contribution is 2.65. The highest BCUT2D eigenvalue weighted by atomic mass is 16.3. The van der Waals surface area contributed by atoms with E-state index in [-0.39, 0.29) is 22.9 Å². The Balaban J connectivity index is 2.14. The van der Waals surface area contributed by atoms with Gasteiger partial charge in [-0.3, -0.25) is 0 Å². The van der Waals surface area contributed by atoms with Crippen LogP contribution in [-0.2, 0) is 0 Å². The highest BCUT2D eigenvalue weighted by molar-refractivity contribution is 5.74. The Hall–Kier alpha value is -0.770. The van der Waals surface area contributed by atoms with E-state index in [0.29, 0.717) is 12.5 Å². The molecule has 2 aliphatic rings. The number of amides is 2. The van der Waals surface area contributed by atoms with Crippen LogP contribution in [0.15, 0.2) is 0 Å². The van der Waals surface area contributed by atoms with Crippen molar-refractivity contribution in [2.75, 3.05) is 6.54 Å². The number of fused-ring (bicyclic) bond motifs is 2. The van der Waals surface area contributed by atoms with Crippen molar-refractivity contribution in [1.29, 1.82) is 0 Å². The van der Waals surface area contributed by atoms with Crippen LogP contribution in [0.1, 0.15) is 40.5 Å². The Morgan fingerprint density at radius 1 is 1.41 bits per heavy atom. The van der Waals surface area contributed by atoms with Gasteiger partial charge in [0.15, 0.2) is 0 Å². The minimum atomic E-state index is -0.432. The van der Waals surface area contributed by atoms with Gasteiger partial charge in [0.05, 0.1) is 12.1 Å². The summed E-state index contributed by atoms with van der Waals surface area (Å²) < 4.78 is 0. The molecule has 0 unspecified atom stereocenters. The number of carbonyl (C=O) groups excluding carboxylic acids is 1. The van der Waals surface area contributed by atoms with Crippen LogP contribution in [0.2, 0.25) is 0 Å². The molecule has 0 saturated heterocycles. The number of urea groups is 1. The van der Waals surface area contributed by atoms with Gasteiger partial charge in [-0.25, -0.2) is 4.79 Å². The molecule has 0 aromatic heterocycles. The van der Waals surface area contributed by atoms with Crippen LogP contribution in [0, 0.1) is 16.7 Å². The van der Waals surface area contributed by atoms with Gasteiger partial charge in [-0.15, -0.1) is 0 Å². The highest BCUT2D eigenvalue weighted by Gasteiger charge is 2.66. The van der Waals surface area contributed by atoms with Crippen molar-refractivity contribution in [3.05, 3.63) is 0 Å². The third kappa shape index (κ3) is 1.57. The molecule has 0 aromatic carbocycles. The number of carbonyl (C=O) groups is 1. The number of hydrogen-bond donors (Lipinski definition) is 3. The Bertz CT molecular complexity index is 329. The molecule has 0 heterocycles. The Labute approximate surface area is 103 Å². The van der Waals surface area contributed by atoms with E-state index in [4.69, 9.17) is 0 Å². The van der Waals surface area contributed by atoms with Crippen LogP contribution in [0.4, 0.5) is 4.79 Å². The molecule has 17 heavy (non-hydrogen) atoms. The second-order valence-corrected chi connectivity index (χ2v) is 6.26. The maximum Gasteiger partial charge on any atom is 0.315 e. The Morgan fingerprint density at radius 2 is 2.06 bits per heavy atom. The lowest BCUT2D eigenvalue weighted by Crippen LogP contribution is -2.52. The van der Waals surface area contributed by atoms with Crippen molar-refractivity contribution < 1.29 is 9.90 Å². The summed E-state index contributed by atoms with van der Waals surface area (Å²) in [5.74, 6) is 0.380. The Kier molecular flexibility index (Phi) is 2.89. The van der Waals surface area contributed by atoms with Gasteiger partial charge in [-0.05, 0) is 31.1 Å². The van der Waals surface area contributed by atoms with Crippen LogP contribution < -0.4 is 10.6 Å². The standard InChI is InChI=1S/C13H24N2O2/c1-5-14-11(17)15-9-8-6-7-13(4,10(9)16)12(8,2)3/h8-10,16H,5-7H2,1-4H3,(H2,14,15,17)/t8-,9-,10-,13+/m1/s1. The van der Waals surface area contributed by atoms with E-state index in [1.807, 2.05) is 6.92 Å². The van der Waals surface area contributed by atoms with Crippen LogP contribution >= 0.6 is 0 Å². The van der Waals surface area contributed by atoms with E-state index in [0.717, 1.165) is 12.8 Å². The largest absolute Gasteiger partial charge is 0.390 e. The number of aliphatic hydroxyl groups excluding tert-OH is 1. The lowest BCUT2D eigenvalue weighted by molar-refractivity contribution is 0.00185. The first-order valence-corrected chi connectivity index (χ1v) is 6.57. The quantitative estimate of drug-likeness (QED) is 0.685. The summed E-state index contributed by atoms with van der Waals surface area (Å²) in [4.78, 5) is 11.6. The van der Waals surface area contributed by atoms with E-state index in [2.05, 4.69) is 31.4 Å². The van der Waals surface area contributed by atoms with Crippen molar-refractivity contribution in [3.63, 3.8) is 0 Å². The minimum Gasteiger partial charge on any atom is -0.390 e. The van der Waals surface area contributed by atoms with Gasteiger partial charge in [-0.1, -0.05) is 20.8 Å². The molecule has 98 valence electrons. The van der Waals surface area contributed by atoms with E-state index in [1.54, 1.807) is 0 Å². The molecule has 4 atom stereocenters. The van der Waals surface area contributed by atoms with Crippen molar-refractivity contribution in [2.45, 2.75) is 52.7 Å². The second-order valence-electron chi connectivity index (χ2n) is 6.26. The van der Waals surface area contributed by atoms with Gasteiger partial charge in [0, 0.05) is 12.0 Å². The molecule has 2 rings (SSSR count). The molecule has 4 heteroatoms. The normalized spacial score (nSPS) is 42.5. The van der Waals surface area contributed by atoms with Gasteiger partial charge in [0.25, 0.3) is 0 Å². The second kappa shape index (κ2) is 3.87. The summed E-state index contributed by atoms with van der Waals surface area (Å²) in [5, 5.41) is 16.1. The lowest BCUT2D eigenvalue weighted by Gasteiger charge is -2.37. The molecule has 2 fully saturated rings. The molecule has 2 saturated carbocycles. The molecule has 2 amide bonds. The predicted octanol–water partition coefficient (Wildman–Crippen LogP) is 1.49. The van der Waals surface area contributed by atoms with Gasteiger partial charge in [0.1, 0.15) is 0 Å². The first kappa shape index (κ1) is 12.7. The number of hydrogen-bond acceptors (Lipinski definition) is 2. The lowest BCUT2D eigenvalue weighted by atomic mass is 9.70. The zero-order valence-corrected chi connectivity index (χ0v) is 11.2. The average Bonchev–Trinajstić information content (AvgIpc) is 2.53. The molecule has 4 nitrogen and oxygen atoms in total.